The maximum absolute atomic E-state index is 13.5. The zero-order valence-corrected chi connectivity index (χ0v) is 26.9. The first-order chi connectivity index (χ1) is 22.6. The van der Waals surface area contributed by atoms with Crippen molar-refractivity contribution in [1.29, 1.82) is 10.5 Å². The number of carbonyl (C=O) groups is 4. The number of benzene rings is 3. The summed E-state index contributed by atoms with van der Waals surface area (Å²) in [7, 11) is 0. The number of imide groups is 1. The first kappa shape index (κ1) is 33.2. The van der Waals surface area contributed by atoms with Gasteiger partial charge < -0.3 is 10.5 Å². The zero-order valence-electron chi connectivity index (χ0n) is 24.6. The van der Waals surface area contributed by atoms with Gasteiger partial charge in [-0.15, -0.1) is 0 Å². The van der Waals surface area contributed by atoms with Gasteiger partial charge in [0.25, 0.3) is 0 Å². The number of nitrogens with two attached hydrogens (primary N) is 1. The topological polar surface area (TPSA) is 167 Å². The minimum absolute atomic E-state index is 0.0439. The van der Waals surface area contributed by atoms with Crippen LogP contribution in [0.2, 0.25) is 10.0 Å². The van der Waals surface area contributed by atoms with E-state index >= 15 is 0 Å². The Morgan fingerprint density at radius 1 is 1.02 bits per heavy atom. The normalized spacial score (nSPS) is 14.1. The SMILES string of the molecule is CCc1ccc(-c2c(C#N)c(N)nc(SC3CC(=O)N(c4ccc(C(=O)OCC(=O)c5ccc(Cl)cc5Cl)cc4)C3=O)c2C#N)cc1. The van der Waals surface area contributed by atoms with Crippen LogP contribution < -0.4 is 10.6 Å². The molecule has 0 saturated carbocycles. The lowest BCUT2D eigenvalue weighted by Crippen LogP contribution is -2.31. The number of halogens is 2. The quantitative estimate of drug-likeness (QED) is 0.118. The molecule has 4 aromatic rings. The van der Waals surface area contributed by atoms with E-state index < -0.39 is 35.4 Å². The minimum atomic E-state index is -0.930. The number of nitriles is 2. The van der Waals surface area contributed by atoms with Crippen LogP contribution in [0.4, 0.5) is 11.5 Å². The van der Waals surface area contributed by atoms with Gasteiger partial charge in [-0.2, -0.15) is 10.5 Å². The summed E-state index contributed by atoms with van der Waals surface area (Å²) in [4.78, 5) is 56.8. The van der Waals surface area contributed by atoms with E-state index in [0.29, 0.717) is 16.1 Å². The Kier molecular flexibility index (Phi) is 9.92. The van der Waals surface area contributed by atoms with Crippen LogP contribution in [0.5, 0.6) is 0 Å². The molecule has 1 unspecified atom stereocenters. The Hall–Kier alpha value is -5.20. The largest absolute Gasteiger partial charge is 0.454 e. The van der Waals surface area contributed by atoms with Crippen LogP contribution in [0.25, 0.3) is 11.1 Å². The van der Waals surface area contributed by atoms with Crippen LogP contribution in [0, 0.1) is 22.7 Å². The van der Waals surface area contributed by atoms with E-state index in [1.807, 2.05) is 25.1 Å². The van der Waals surface area contributed by atoms with E-state index in [1.165, 1.54) is 42.5 Å². The number of hydrogen-bond donors (Lipinski definition) is 1. The van der Waals surface area contributed by atoms with Crippen LogP contribution in [0.3, 0.4) is 0 Å². The third-order valence-electron chi connectivity index (χ3n) is 7.35. The van der Waals surface area contributed by atoms with Crippen LogP contribution in [0.1, 0.15) is 50.8 Å². The molecule has 234 valence electrons. The summed E-state index contributed by atoms with van der Waals surface area (Å²) in [5.74, 6) is -2.46. The number of nitrogens with zero attached hydrogens (tertiary/aromatic N) is 4. The highest BCUT2D eigenvalue weighted by Crippen LogP contribution is 2.40. The predicted octanol–water partition coefficient (Wildman–Crippen LogP) is 6.41. The van der Waals surface area contributed by atoms with E-state index in [-0.39, 0.29) is 50.2 Å². The minimum Gasteiger partial charge on any atom is -0.454 e. The number of pyridine rings is 1. The van der Waals surface area contributed by atoms with E-state index in [2.05, 4.69) is 11.1 Å². The van der Waals surface area contributed by atoms with Gasteiger partial charge in [-0.25, -0.2) is 14.7 Å². The van der Waals surface area contributed by atoms with Crippen LogP contribution in [0.15, 0.2) is 71.8 Å². The highest BCUT2D eigenvalue weighted by molar-refractivity contribution is 8.00. The molecule has 1 aromatic heterocycles. The van der Waals surface area contributed by atoms with Crippen molar-refractivity contribution in [2.24, 2.45) is 0 Å². The van der Waals surface area contributed by atoms with Gasteiger partial charge in [0.2, 0.25) is 17.6 Å². The molecule has 10 nitrogen and oxygen atoms in total. The number of ether oxygens (including phenoxy) is 1. The fourth-order valence-electron chi connectivity index (χ4n) is 4.94. The van der Waals surface area contributed by atoms with Crippen molar-refractivity contribution in [3.8, 4) is 23.3 Å². The van der Waals surface area contributed by atoms with Gasteiger partial charge in [0.1, 0.15) is 28.5 Å². The lowest BCUT2D eigenvalue weighted by Gasteiger charge is -2.17. The number of esters is 1. The molecule has 3 aromatic carbocycles. The zero-order chi connectivity index (χ0) is 33.8. The molecule has 0 bridgehead atoms. The summed E-state index contributed by atoms with van der Waals surface area (Å²) in [6.07, 6.45) is 0.620. The molecule has 13 heteroatoms. The molecule has 5 rings (SSSR count). The molecular formula is C34H23Cl2N5O5S. The van der Waals surface area contributed by atoms with Crippen molar-refractivity contribution in [3.63, 3.8) is 0 Å². The second kappa shape index (κ2) is 14.1. The molecule has 2 amide bonds. The Morgan fingerprint density at radius 2 is 1.70 bits per heavy atom. The van der Waals surface area contributed by atoms with Gasteiger partial charge in [0, 0.05) is 22.6 Å². The number of aromatic nitrogens is 1. The molecule has 1 fully saturated rings. The summed E-state index contributed by atoms with van der Waals surface area (Å²) < 4.78 is 5.13. The molecule has 1 atom stereocenters. The highest BCUT2D eigenvalue weighted by atomic mass is 35.5. The number of ketones is 1. The molecule has 1 aliphatic rings. The molecule has 1 aliphatic heterocycles. The molecule has 47 heavy (non-hydrogen) atoms. The first-order valence-corrected chi connectivity index (χ1v) is 15.7. The Labute approximate surface area is 283 Å². The molecule has 0 spiro atoms. The highest BCUT2D eigenvalue weighted by Gasteiger charge is 2.41. The molecule has 0 aliphatic carbocycles. The standard InChI is InChI=1S/C34H23Cl2N5O5S/c1-2-18-3-5-19(6-4-18)30-24(15-37)31(39)40-32(25(30)16-38)47-28-14-29(43)41(33(28)44)22-10-7-20(8-11-22)34(45)46-17-27(42)23-12-9-21(35)13-26(23)36/h3-13,28H,2,14,17H2,1H3,(H2,39,40). The lowest BCUT2D eigenvalue weighted by molar-refractivity contribution is -0.121. The molecule has 2 N–H and O–H groups in total. The molecule has 0 radical (unpaired) electrons. The lowest BCUT2D eigenvalue weighted by atomic mass is 9.96. The number of amides is 2. The number of aryl methyl sites for hydroxylation is 1. The third-order valence-corrected chi connectivity index (χ3v) is 9.07. The molecule has 1 saturated heterocycles. The number of rotatable bonds is 9. The van der Waals surface area contributed by atoms with Crippen molar-refractivity contribution in [1.82, 2.24) is 4.98 Å². The van der Waals surface area contributed by atoms with Crippen molar-refractivity contribution < 1.29 is 23.9 Å². The summed E-state index contributed by atoms with van der Waals surface area (Å²) in [5.41, 5.74) is 8.68. The van der Waals surface area contributed by atoms with Gasteiger partial charge in [0.15, 0.2) is 6.61 Å². The van der Waals surface area contributed by atoms with Crippen LogP contribution in [-0.2, 0) is 20.7 Å². The van der Waals surface area contributed by atoms with Crippen molar-refractivity contribution in [3.05, 3.63) is 105 Å². The van der Waals surface area contributed by atoms with Gasteiger partial charge in [-0.05, 0) is 60.0 Å². The number of thioether (sulfide) groups is 1. The van der Waals surface area contributed by atoms with Crippen molar-refractivity contribution in [2.75, 3.05) is 17.2 Å². The van der Waals surface area contributed by atoms with E-state index in [4.69, 9.17) is 33.7 Å². The first-order valence-electron chi connectivity index (χ1n) is 14.1. The Morgan fingerprint density at radius 3 is 2.32 bits per heavy atom. The van der Waals surface area contributed by atoms with E-state index in [9.17, 15) is 29.7 Å². The van der Waals surface area contributed by atoms with Gasteiger partial charge in [0.05, 0.1) is 27.1 Å². The fraction of sp³-hybridized carbons (Fsp3) is 0.147. The summed E-state index contributed by atoms with van der Waals surface area (Å²) in [6.45, 7) is 1.45. The van der Waals surface area contributed by atoms with E-state index in [1.54, 1.807) is 12.1 Å². The van der Waals surface area contributed by atoms with E-state index in [0.717, 1.165) is 28.6 Å². The molecule has 2 heterocycles. The summed E-state index contributed by atoms with van der Waals surface area (Å²) >= 11 is 12.8. The average Bonchev–Trinajstić information content (AvgIpc) is 3.34. The van der Waals surface area contributed by atoms with Crippen molar-refractivity contribution >= 4 is 70.0 Å². The number of nitrogen functional groups attached to an aromatic ring is 1. The molecular weight excluding hydrogens is 661 g/mol. The second-order valence-corrected chi connectivity index (χ2v) is 12.3. The van der Waals surface area contributed by atoms with Gasteiger partial charge in [-0.3, -0.25) is 14.4 Å². The third kappa shape index (κ3) is 6.83. The monoisotopic (exact) mass is 683 g/mol. The van der Waals surface area contributed by atoms with Crippen LogP contribution >= 0.6 is 35.0 Å². The summed E-state index contributed by atoms with van der Waals surface area (Å²) in [6, 6.07) is 21.4. The maximum atomic E-state index is 13.5. The predicted molar refractivity (Wildman–Crippen MR) is 177 cm³/mol. The second-order valence-electron chi connectivity index (χ2n) is 10.2. The number of carbonyl (C=O) groups excluding carboxylic acids is 4. The Bertz CT molecular complexity index is 2020. The Balaban J connectivity index is 1.32. The van der Waals surface area contributed by atoms with Gasteiger partial charge in [-0.1, -0.05) is 66.2 Å². The smallest absolute Gasteiger partial charge is 0.338 e. The number of hydrogen-bond acceptors (Lipinski definition) is 10. The van der Waals surface area contributed by atoms with Crippen molar-refractivity contribution in [2.45, 2.75) is 30.0 Å². The van der Waals surface area contributed by atoms with Crippen LogP contribution in [-0.4, -0.2) is 40.4 Å². The average molecular weight is 685 g/mol. The van der Waals surface area contributed by atoms with Gasteiger partial charge >= 0.3 is 5.97 Å². The summed E-state index contributed by atoms with van der Waals surface area (Å²) in [5, 5.41) is 19.6. The number of anilines is 2. The number of Topliss-reactive ketones (excluding diaryl/α,β-unsaturated/α-hetero) is 1. The maximum Gasteiger partial charge on any atom is 0.338 e. The fourth-order valence-corrected chi connectivity index (χ4v) is 6.57.